The lowest BCUT2D eigenvalue weighted by Gasteiger charge is -2.35. The van der Waals surface area contributed by atoms with Gasteiger partial charge in [0.1, 0.15) is 19.8 Å². The van der Waals surface area contributed by atoms with Crippen LogP contribution in [0.5, 0.6) is 0 Å². The van der Waals surface area contributed by atoms with Gasteiger partial charge in [0, 0.05) is 24.1 Å². The van der Waals surface area contributed by atoms with Gasteiger partial charge in [-0.2, -0.15) is 0 Å². The fourth-order valence-corrected chi connectivity index (χ4v) is 7.43. The summed E-state index contributed by atoms with van der Waals surface area (Å²) in [5, 5.41) is 13.1. The quantitative estimate of drug-likeness (QED) is 0.177. The molecule has 7 atom stereocenters. The average Bonchev–Trinajstić information content (AvgIpc) is 3.15. The number of rotatable bonds is 13. The minimum atomic E-state index is -6.02. The molecule has 1 amide bonds. The number of ether oxygens (including phenoxy) is 2. The van der Waals surface area contributed by atoms with Gasteiger partial charge in [0.15, 0.2) is 12.3 Å². The van der Waals surface area contributed by atoms with Crippen LogP contribution in [0.4, 0.5) is 10.5 Å². The number of nitrogens with one attached hydrogen (secondary N) is 2. The van der Waals surface area contributed by atoms with Crippen molar-refractivity contribution in [3.8, 4) is 0 Å². The van der Waals surface area contributed by atoms with Crippen molar-refractivity contribution in [2.45, 2.75) is 31.0 Å². The molecule has 0 spiro atoms. The van der Waals surface area contributed by atoms with Crippen LogP contribution in [-0.2, 0) is 36.3 Å². The zero-order valence-electron chi connectivity index (χ0n) is 20.7. The Bertz CT molecular complexity index is 1470. The van der Waals surface area contributed by atoms with E-state index in [2.05, 4.69) is 18.5 Å². The first-order valence-corrected chi connectivity index (χ1v) is 16.1. The molecular formula is C19H24N4O15P3-3. The number of nitrogens with two attached hydrogens (primary N) is 1. The van der Waals surface area contributed by atoms with Crippen molar-refractivity contribution in [2.24, 2.45) is 5.73 Å². The Labute approximate surface area is 230 Å². The van der Waals surface area contributed by atoms with Crippen molar-refractivity contribution >= 4 is 35.0 Å². The summed E-state index contributed by atoms with van der Waals surface area (Å²) < 4.78 is 59.0. The number of phosphoric acid groups is 2. The Morgan fingerprint density at radius 1 is 1.10 bits per heavy atom. The predicted octanol–water partition coefficient (Wildman–Crippen LogP) is -1.70. The smallest absolute Gasteiger partial charge is 0.412 e. The molecule has 2 aromatic rings. The number of aliphatic hydroxyl groups excluding tert-OH is 1. The number of anilines is 1. The van der Waals surface area contributed by atoms with E-state index < -0.39 is 77.9 Å². The second-order valence-electron chi connectivity index (χ2n) is 8.26. The number of aliphatic hydroxyl groups is 1. The van der Waals surface area contributed by atoms with E-state index in [0.717, 1.165) is 16.8 Å². The number of H-pyrrole nitrogens is 1. The van der Waals surface area contributed by atoms with E-state index in [4.69, 9.17) is 15.2 Å². The Kier molecular flexibility index (Phi) is 11.0. The highest BCUT2D eigenvalue weighted by Gasteiger charge is 2.48. The maximum atomic E-state index is 12.5. The van der Waals surface area contributed by atoms with Crippen molar-refractivity contribution in [1.29, 1.82) is 0 Å². The number of benzene rings is 1. The van der Waals surface area contributed by atoms with Gasteiger partial charge >= 0.3 is 11.8 Å². The van der Waals surface area contributed by atoms with Gasteiger partial charge in [-0.15, -0.1) is 0 Å². The molecule has 0 aliphatic carbocycles. The first kappa shape index (κ1) is 33.0. The standard InChI is InChI=1S/C19H27N4O15P3/c20-8-4-10-39(28,29)37-41(32,33)38-40(30,31)34-11-13-15(25)16(36-19(27)21-12-5-2-1-3-6-12)17(35-13)23-9-7-14(24)22-18(23)26/h1-3,5-7,9,13,15-17,25H,4,8,10-11,20H2,(H,21,27)(H,28,29)(H,30,31)(H,32,33)(H,22,24,26)/p-3/t13-,15?,16+,17-/m1/s1. The van der Waals surface area contributed by atoms with Crippen LogP contribution in [0.1, 0.15) is 12.6 Å². The lowest BCUT2D eigenvalue weighted by atomic mass is 10.1. The molecule has 0 radical (unpaired) electrons. The molecule has 41 heavy (non-hydrogen) atoms. The number of para-hydroxylation sites is 1. The van der Waals surface area contributed by atoms with Crippen molar-refractivity contribution in [3.05, 3.63) is 63.4 Å². The van der Waals surface area contributed by atoms with Crippen LogP contribution in [0.3, 0.4) is 0 Å². The molecule has 19 nitrogen and oxygen atoms in total. The SMILES string of the molecule is NCCCP(=O)([O-])OP(=O)([O-])OP(=O)([O-])OC[C@H]1O[C@@H](n2ccc(=O)[nH]c2=O)[C@@H](OC(=O)Nc2ccccc2)C1O. The Hall–Kier alpha value is -2.50. The number of carbonyl (C=O) groups excluding carboxylic acids is 1. The summed E-state index contributed by atoms with van der Waals surface area (Å²) in [6.45, 7) is -1.30. The average molecular weight is 641 g/mol. The second-order valence-corrected chi connectivity index (χ2v) is 13.3. The molecule has 1 aliphatic heterocycles. The highest BCUT2D eigenvalue weighted by Crippen LogP contribution is 2.62. The number of phosphoric ester groups is 1. The lowest BCUT2D eigenvalue weighted by molar-refractivity contribution is -0.246. The number of nitrogens with zero attached hydrogens (tertiary/aromatic N) is 1. The minimum absolute atomic E-state index is 0.128. The van der Waals surface area contributed by atoms with Crippen LogP contribution in [0, 0.1) is 0 Å². The van der Waals surface area contributed by atoms with Gasteiger partial charge in [-0.1, -0.05) is 18.2 Å². The van der Waals surface area contributed by atoms with E-state index in [1.807, 2.05) is 4.98 Å². The fraction of sp³-hybridized carbons (Fsp3) is 0.421. The van der Waals surface area contributed by atoms with Crippen molar-refractivity contribution in [3.63, 3.8) is 0 Å². The van der Waals surface area contributed by atoms with E-state index >= 15 is 0 Å². The Balaban J connectivity index is 1.74. The summed E-state index contributed by atoms with van der Waals surface area (Å²) in [6.07, 6.45) is -8.12. The van der Waals surface area contributed by atoms with Gasteiger partial charge in [0.25, 0.3) is 21.2 Å². The normalized spacial score (nSPS) is 25.0. The monoisotopic (exact) mass is 641 g/mol. The van der Waals surface area contributed by atoms with E-state index in [9.17, 15) is 47.9 Å². The molecule has 1 aliphatic rings. The van der Waals surface area contributed by atoms with Gasteiger partial charge < -0.3 is 44.1 Å². The highest BCUT2D eigenvalue weighted by atomic mass is 31.3. The number of aromatic nitrogens is 2. The van der Waals surface area contributed by atoms with Crippen LogP contribution in [0.25, 0.3) is 0 Å². The third-order valence-electron chi connectivity index (χ3n) is 5.16. The number of carbonyl (C=O) groups is 1. The van der Waals surface area contributed by atoms with E-state index in [1.165, 1.54) is 12.1 Å². The Morgan fingerprint density at radius 2 is 1.78 bits per heavy atom. The topological polar surface area (TPSA) is 297 Å². The zero-order chi connectivity index (χ0) is 30.4. The van der Waals surface area contributed by atoms with Crippen LogP contribution in [-0.4, -0.2) is 58.4 Å². The van der Waals surface area contributed by atoms with Gasteiger partial charge in [0.2, 0.25) is 0 Å². The maximum Gasteiger partial charge on any atom is 0.412 e. The van der Waals surface area contributed by atoms with Crippen LogP contribution in [0.15, 0.2) is 52.2 Å². The molecule has 2 heterocycles. The number of hydrogen-bond acceptors (Lipinski definition) is 16. The maximum absolute atomic E-state index is 12.5. The molecule has 1 saturated heterocycles. The molecular weight excluding hydrogens is 617 g/mol. The Morgan fingerprint density at radius 3 is 2.41 bits per heavy atom. The van der Waals surface area contributed by atoms with Crippen LogP contribution in [0.2, 0.25) is 0 Å². The molecule has 22 heteroatoms. The largest absolute Gasteiger partial charge is 0.778 e. The van der Waals surface area contributed by atoms with Crippen LogP contribution >= 0.6 is 23.2 Å². The van der Waals surface area contributed by atoms with Gasteiger partial charge in [-0.25, -0.2) is 13.9 Å². The molecule has 228 valence electrons. The minimum Gasteiger partial charge on any atom is -0.778 e. The first-order valence-electron chi connectivity index (χ1n) is 11.5. The molecule has 0 bridgehead atoms. The van der Waals surface area contributed by atoms with E-state index in [1.54, 1.807) is 18.2 Å². The summed E-state index contributed by atoms with van der Waals surface area (Å²) in [5.41, 5.74) is 3.60. The molecule has 4 unspecified atom stereocenters. The van der Waals surface area contributed by atoms with Crippen molar-refractivity contribution < 1.29 is 60.9 Å². The third-order valence-corrected chi connectivity index (χ3v) is 9.88. The first-order chi connectivity index (χ1) is 19.1. The number of amides is 1. The van der Waals surface area contributed by atoms with Gasteiger partial charge in [0.05, 0.1) is 6.61 Å². The van der Waals surface area contributed by atoms with Crippen molar-refractivity contribution in [2.75, 3.05) is 24.6 Å². The number of hydrogen-bond donors (Lipinski definition) is 4. The predicted molar refractivity (Wildman–Crippen MR) is 131 cm³/mol. The summed E-state index contributed by atoms with van der Waals surface area (Å²) in [7, 11) is -17.0. The highest BCUT2D eigenvalue weighted by molar-refractivity contribution is 7.66. The summed E-state index contributed by atoms with van der Waals surface area (Å²) in [6, 6.07) is 8.81. The number of aromatic amines is 1. The lowest BCUT2D eigenvalue weighted by Crippen LogP contribution is -2.41. The molecule has 5 N–H and O–H groups in total. The van der Waals surface area contributed by atoms with Gasteiger partial charge in [-0.05, 0) is 25.1 Å². The van der Waals surface area contributed by atoms with E-state index in [-0.39, 0.29) is 13.0 Å². The molecule has 1 aromatic heterocycles. The molecule has 3 rings (SSSR count). The third kappa shape index (κ3) is 9.78. The van der Waals surface area contributed by atoms with Crippen LogP contribution < -0.4 is 37.0 Å². The molecule has 1 aromatic carbocycles. The second kappa shape index (κ2) is 13.6. The molecule has 0 saturated carbocycles. The van der Waals surface area contributed by atoms with Crippen molar-refractivity contribution in [1.82, 2.24) is 9.55 Å². The summed E-state index contributed by atoms with van der Waals surface area (Å²) in [5.74, 6) is 0. The van der Waals surface area contributed by atoms with Gasteiger partial charge in [-0.3, -0.25) is 33.1 Å². The summed E-state index contributed by atoms with van der Waals surface area (Å²) >= 11 is 0. The zero-order valence-corrected chi connectivity index (χ0v) is 23.4. The fourth-order valence-electron chi connectivity index (χ4n) is 3.43. The van der Waals surface area contributed by atoms with E-state index in [0.29, 0.717) is 5.69 Å². The summed E-state index contributed by atoms with van der Waals surface area (Å²) in [4.78, 5) is 73.8. The molecule has 1 fully saturated rings.